The normalized spacial score (nSPS) is 13.7. The van der Waals surface area contributed by atoms with E-state index >= 15 is 0 Å². The van der Waals surface area contributed by atoms with Crippen LogP contribution in [0.4, 0.5) is 10.5 Å². The second-order valence-corrected chi connectivity index (χ2v) is 7.94. The number of carbonyl (C=O) groups excluding carboxylic acids is 2. The van der Waals surface area contributed by atoms with Crippen molar-refractivity contribution in [2.24, 2.45) is 0 Å². The topological polar surface area (TPSA) is 96.3 Å². The number of carbonyl (C=O) groups is 2. The zero-order valence-electron chi connectivity index (χ0n) is 16.0. The number of aromatic nitrogens is 2. The van der Waals surface area contributed by atoms with E-state index in [0.717, 1.165) is 25.0 Å². The summed E-state index contributed by atoms with van der Waals surface area (Å²) in [7, 11) is 0. The van der Waals surface area contributed by atoms with Crippen LogP contribution in [-0.4, -0.2) is 33.4 Å². The highest BCUT2D eigenvalue weighted by molar-refractivity contribution is 7.12. The van der Waals surface area contributed by atoms with Crippen LogP contribution in [0, 0.1) is 0 Å². The molecule has 150 valence electrons. The van der Waals surface area contributed by atoms with Crippen molar-refractivity contribution in [3.05, 3.63) is 52.3 Å². The molecule has 1 fully saturated rings. The highest BCUT2D eigenvalue weighted by atomic mass is 32.1. The first-order chi connectivity index (χ1) is 14.1. The molecule has 29 heavy (non-hydrogen) atoms. The summed E-state index contributed by atoms with van der Waals surface area (Å²) in [6.07, 6.45) is 3.21. The largest absolute Gasteiger partial charge is 0.507 e. The van der Waals surface area contributed by atoms with Gasteiger partial charge in [-0.1, -0.05) is 12.5 Å². The number of phenolic OH excluding ortho intramolecular Hbond substituents is 1. The van der Waals surface area contributed by atoms with E-state index in [1.807, 2.05) is 24.4 Å². The Morgan fingerprint density at radius 2 is 2.10 bits per heavy atom. The molecule has 0 bridgehead atoms. The minimum atomic E-state index is -0.264. The van der Waals surface area contributed by atoms with Crippen molar-refractivity contribution < 1.29 is 14.7 Å². The van der Waals surface area contributed by atoms with Gasteiger partial charge < -0.3 is 15.7 Å². The van der Waals surface area contributed by atoms with Crippen molar-refractivity contribution in [2.75, 3.05) is 11.9 Å². The molecule has 4 rings (SSSR count). The molecule has 2 amide bonds. The van der Waals surface area contributed by atoms with Crippen LogP contribution >= 0.6 is 11.3 Å². The molecule has 2 aromatic heterocycles. The second-order valence-electron chi connectivity index (χ2n) is 6.99. The molecule has 3 N–H and O–H groups in total. The van der Waals surface area contributed by atoms with Crippen molar-refractivity contribution in [1.82, 2.24) is 15.1 Å². The number of anilines is 1. The Labute approximate surface area is 172 Å². The first-order valence-electron chi connectivity index (χ1n) is 9.63. The number of hydrogen-bond donors (Lipinski definition) is 3. The Balaban J connectivity index is 1.61. The van der Waals surface area contributed by atoms with Gasteiger partial charge in [0, 0.05) is 29.8 Å². The van der Waals surface area contributed by atoms with Crippen molar-refractivity contribution in [3.63, 3.8) is 0 Å². The van der Waals surface area contributed by atoms with Gasteiger partial charge in [0.1, 0.15) is 5.75 Å². The monoisotopic (exact) mass is 410 g/mol. The molecule has 2 heterocycles. The number of phenols is 1. The Morgan fingerprint density at radius 3 is 2.72 bits per heavy atom. The number of thiophene rings is 1. The summed E-state index contributed by atoms with van der Waals surface area (Å²) in [4.78, 5) is 25.2. The van der Waals surface area contributed by atoms with Gasteiger partial charge in [0.05, 0.1) is 16.3 Å². The summed E-state index contributed by atoms with van der Waals surface area (Å²) < 4.78 is 1.41. The number of nitrogens with one attached hydrogen (secondary N) is 2. The van der Waals surface area contributed by atoms with Gasteiger partial charge in [0.25, 0.3) is 5.91 Å². The molecule has 7 nitrogen and oxygen atoms in total. The molecule has 1 saturated carbocycles. The maximum Gasteiger partial charge on any atom is 0.342 e. The summed E-state index contributed by atoms with van der Waals surface area (Å²) in [5, 5.41) is 22.4. The van der Waals surface area contributed by atoms with Gasteiger partial charge in [-0.2, -0.15) is 9.78 Å². The Bertz CT molecular complexity index is 1040. The lowest BCUT2D eigenvalue weighted by molar-refractivity contribution is 0.103. The highest BCUT2D eigenvalue weighted by Gasteiger charge is 2.27. The molecule has 0 saturated heterocycles. The molecule has 1 aliphatic rings. The molecule has 0 unspecified atom stereocenters. The maximum atomic E-state index is 12.4. The molecule has 0 atom stereocenters. The Hall–Kier alpha value is -3.13. The summed E-state index contributed by atoms with van der Waals surface area (Å²) in [5.41, 5.74) is 2.41. The lowest BCUT2D eigenvalue weighted by Gasteiger charge is -2.25. The van der Waals surface area contributed by atoms with E-state index in [1.165, 1.54) is 22.1 Å². The van der Waals surface area contributed by atoms with Gasteiger partial charge in [0.15, 0.2) is 0 Å². The zero-order chi connectivity index (χ0) is 20.4. The summed E-state index contributed by atoms with van der Waals surface area (Å²) in [5.74, 6) is 0.0833. The Morgan fingerprint density at radius 1 is 1.28 bits per heavy atom. The molecule has 1 aliphatic carbocycles. The third-order valence-corrected chi connectivity index (χ3v) is 5.93. The first-order valence-corrected chi connectivity index (χ1v) is 10.5. The van der Waals surface area contributed by atoms with E-state index in [1.54, 1.807) is 18.2 Å². The van der Waals surface area contributed by atoms with Gasteiger partial charge in [-0.3, -0.25) is 4.79 Å². The van der Waals surface area contributed by atoms with Crippen LogP contribution < -0.4 is 10.6 Å². The number of benzene rings is 1. The predicted octanol–water partition coefficient (Wildman–Crippen LogP) is 4.41. The van der Waals surface area contributed by atoms with Gasteiger partial charge in [-0.25, -0.2) is 4.79 Å². The molecular weight excluding hydrogens is 388 g/mol. The summed E-state index contributed by atoms with van der Waals surface area (Å²) in [6.45, 7) is 2.38. The van der Waals surface area contributed by atoms with Crippen LogP contribution in [0.2, 0.25) is 0 Å². The minimum absolute atomic E-state index is 0.00492. The van der Waals surface area contributed by atoms with Crippen LogP contribution in [-0.2, 0) is 0 Å². The average molecular weight is 410 g/mol. The van der Waals surface area contributed by atoms with Crippen LogP contribution in [0.5, 0.6) is 5.75 Å². The highest BCUT2D eigenvalue weighted by Crippen LogP contribution is 2.39. The standard InChI is InChI=1S/C21H22N4O3S/c1-2-22-21(28)25-17(13-5-3-6-13)12-16(24-25)15-9-8-14(11-18(15)26)23-20(27)19-7-4-10-29-19/h4,7-13,26H,2-3,5-6H2,1H3,(H,22,28)(H,23,27). The fourth-order valence-corrected chi connectivity index (χ4v) is 3.96. The van der Waals surface area contributed by atoms with E-state index in [4.69, 9.17) is 0 Å². The summed E-state index contributed by atoms with van der Waals surface area (Å²) in [6, 6.07) is 10.1. The van der Waals surface area contributed by atoms with Crippen molar-refractivity contribution in [2.45, 2.75) is 32.1 Å². The van der Waals surface area contributed by atoms with E-state index in [9.17, 15) is 14.7 Å². The fraction of sp³-hybridized carbons (Fsp3) is 0.286. The third-order valence-electron chi connectivity index (χ3n) is 5.06. The third kappa shape index (κ3) is 3.88. The molecule has 8 heteroatoms. The van der Waals surface area contributed by atoms with Crippen LogP contribution in [0.15, 0.2) is 41.8 Å². The number of rotatable bonds is 5. The molecule has 0 radical (unpaired) electrons. The smallest absolute Gasteiger partial charge is 0.342 e. The SMILES string of the molecule is CCNC(=O)n1nc(-c2ccc(NC(=O)c3cccs3)cc2O)cc1C1CCC1. The average Bonchev–Trinajstić information content (AvgIpc) is 3.31. The molecule has 0 aliphatic heterocycles. The van der Waals surface area contributed by atoms with Crippen LogP contribution in [0.3, 0.4) is 0 Å². The molecule has 1 aromatic carbocycles. The van der Waals surface area contributed by atoms with E-state index in [2.05, 4.69) is 15.7 Å². The second kappa shape index (κ2) is 8.08. The predicted molar refractivity (Wildman–Crippen MR) is 113 cm³/mol. The van der Waals surface area contributed by atoms with Crippen molar-refractivity contribution in [3.8, 4) is 17.0 Å². The van der Waals surface area contributed by atoms with Gasteiger partial charge in [-0.05, 0) is 49.4 Å². The molecule has 3 aromatic rings. The number of aromatic hydroxyl groups is 1. The minimum Gasteiger partial charge on any atom is -0.507 e. The van der Waals surface area contributed by atoms with Crippen molar-refractivity contribution >= 4 is 29.0 Å². The van der Waals surface area contributed by atoms with Crippen LogP contribution in [0.1, 0.15) is 47.5 Å². The Kier molecular flexibility index (Phi) is 5.35. The van der Waals surface area contributed by atoms with Crippen LogP contribution in [0.25, 0.3) is 11.3 Å². The zero-order valence-corrected chi connectivity index (χ0v) is 16.8. The van der Waals surface area contributed by atoms with Gasteiger partial charge >= 0.3 is 6.03 Å². The maximum absolute atomic E-state index is 12.4. The number of hydrogen-bond acceptors (Lipinski definition) is 5. The molecular formula is C21H22N4O3S. The van der Waals surface area contributed by atoms with Gasteiger partial charge in [0.2, 0.25) is 0 Å². The quantitative estimate of drug-likeness (QED) is 0.580. The first kappa shape index (κ1) is 19.2. The number of amides is 2. The fourth-order valence-electron chi connectivity index (χ4n) is 3.34. The van der Waals surface area contributed by atoms with E-state index in [-0.39, 0.29) is 17.7 Å². The van der Waals surface area contributed by atoms with E-state index < -0.39 is 0 Å². The summed E-state index contributed by atoms with van der Waals surface area (Å²) >= 11 is 1.35. The van der Waals surface area contributed by atoms with Gasteiger partial charge in [-0.15, -0.1) is 11.3 Å². The lowest BCUT2D eigenvalue weighted by Crippen LogP contribution is -2.31. The number of nitrogens with zero attached hydrogens (tertiary/aromatic N) is 2. The molecule has 0 spiro atoms. The lowest BCUT2D eigenvalue weighted by atomic mass is 9.82. The van der Waals surface area contributed by atoms with Crippen molar-refractivity contribution in [1.29, 1.82) is 0 Å². The van der Waals surface area contributed by atoms with E-state index in [0.29, 0.717) is 34.3 Å².